The maximum atomic E-state index is 11.7. The van der Waals surface area contributed by atoms with Gasteiger partial charge in [0.15, 0.2) is 0 Å². The van der Waals surface area contributed by atoms with Crippen LogP contribution in [-0.2, 0) is 17.9 Å². The minimum Gasteiger partial charge on any atom is -0.489 e. The molecule has 28 heavy (non-hydrogen) atoms. The van der Waals surface area contributed by atoms with E-state index < -0.39 is 0 Å². The van der Waals surface area contributed by atoms with Crippen molar-refractivity contribution in [2.24, 2.45) is 0 Å². The van der Waals surface area contributed by atoms with Crippen LogP contribution in [0, 0.1) is 6.92 Å². The SMILES string of the molecule is CCOC(=O)c1ccc(NCc2cccc(OCc3ccc(C)cc3)c2)cc1. The van der Waals surface area contributed by atoms with Gasteiger partial charge in [0.2, 0.25) is 0 Å². The molecule has 3 rings (SSSR count). The number of nitrogens with one attached hydrogen (secondary N) is 1. The molecular weight excluding hydrogens is 350 g/mol. The van der Waals surface area contributed by atoms with Crippen LogP contribution in [0.4, 0.5) is 5.69 Å². The zero-order chi connectivity index (χ0) is 19.8. The van der Waals surface area contributed by atoms with Gasteiger partial charge in [0.05, 0.1) is 12.2 Å². The summed E-state index contributed by atoms with van der Waals surface area (Å²) in [4.78, 5) is 11.7. The van der Waals surface area contributed by atoms with Crippen LogP contribution in [0.5, 0.6) is 5.75 Å². The molecule has 0 atom stereocenters. The Balaban J connectivity index is 1.54. The van der Waals surface area contributed by atoms with Crippen LogP contribution >= 0.6 is 0 Å². The Labute approximate surface area is 166 Å². The fraction of sp³-hybridized carbons (Fsp3) is 0.208. The Morgan fingerprint density at radius 1 is 0.929 bits per heavy atom. The van der Waals surface area contributed by atoms with Crippen molar-refractivity contribution < 1.29 is 14.3 Å². The van der Waals surface area contributed by atoms with Gasteiger partial charge in [-0.2, -0.15) is 0 Å². The first kappa shape index (κ1) is 19.5. The topological polar surface area (TPSA) is 47.6 Å². The normalized spacial score (nSPS) is 10.4. The standard InChI is InChI=1S/C24H25NO3/c1-3-27-24(26)21-11-13-22(14-12-21)25-16-20-5-4-6-23(15-20)28-17-19-9-7-18(2)8-10-19/h4-15,25H,3,16-17H2,1-2H3. The summed E-state index contributed by atoms with van der Waals surface area (Å²) in [5.74, 6) is 0.546. The van der Waals surface area contributed by atoms with Gasteiger partial charge < -0.3 is 14.8 Å². The van der Waals surface area contributed by atoms with E-state index in [1.54, 1.807) is 19.1 Å². The van der Waals surface area contributed by atoms with Crippen LogP contribution in [0.15, 0.2) is 72.8 Å². The van der Waals surface area contributed by atoms with Crippen LogP contribution < -0.4 is 10.1 Å². The molecule has 0 unspecified atom stereocenters. The first-order valence-corrected chi connectivity index (χ1v) is 9.42. The van der Waals surface area contributed by atoms with E-state index in [1.165, 1.54) is 5.56 Å². The van der Waals surface area contributed by atoms with E-state index in [-0.39, 0.29) is 5.97 Å². The second-order valence-electron chi connectivity index (χ2n) is 6.57. The van der Waals surface area contributed by atoms with Gasteiger partial charge in [-0.15, -0.1) is 0 Å². The molecule has 4 heteroatoms. The van der Waals surface area contributed by atoms with Crippen molar-refractivity contribution in [1.29, 1.82) is 0 Å². The lowest BCUT2D eigenvalue weighted by Crippen LogP contribution is -2.05. The predicted molar refractivity (Wildman–Crippen MR) is 112 cm³/mol. The van der Waals surface area contributed by atoms with Crippen LogP contribution in [0.3, 0.4) is 0 Å². The largest absolute Gasteiger partial charge is 0.489 e. The highest BCUT2D eigenvalue weighted by atomic mass is 16.5. The summed E-state index contributed by atoms with van der Waals surface area (Å²) in [6.07, 6.45) is 0. The predicted octanol–water partition coefficient (Wildman–Crippen LogP) is 5.36. The number of aryl methyl sites for hydroxylation is 1. The van der Waals surface area contributed by atoms with Gasteiger partial charge in [-0.05, 0) is 61.4 Å². The molecule has 0 aromatic heterocycles. The molecule has 0 aliphatic rings. The molecule has 0 aliphatic carbocycles. The average molecular weight is 375 g/mol. The summed E-state index contributed by atoms with van der Waals surface area (Å²) < 4.78 is 10.9. The monoisotopic (exact) mass is 375 g/mol. The van der Waals surface area contributed by atoms with Crippen molar-refractivity contribution in [3.05, 3.63) is 95.1 Å². The molecule has 0 amide bonds. The lowest BCUT2D eigenvalue weighted by atomic mass is 10.1. The molecule has 0 fully saturated rings. The molecule has 1 N–H and O–H groups in total. The highest BCUT2D eigenvalue weighted by molar-refractivity contribution is 5.89. The van der Waals surface area contributed by atoms with Crippen LogP contribution in [0.1, 0.15) is 34.0 Å². The third kappa shape index (κ3) is 5.61. The van der Waals surface area contributed by atoms with Crippen LogP contribution in [0.2, 0.25) is 0 Å². The van der Waals surface area contributed by atoms with Crippen molar-refractivity contribution in [2.75, 3.05) is 11.9 Å². The number of carbonyl (C=O) groups is 1. The highest BCUT2D eigenvalue weighted by Gasteiger charge is 2.05. The molecule has 0 saturated carbocycles. The van der Waals surface area contributed by atoms with Gasteiger partial charge in [0, 0.05) is 12.2 Å². The summed E-state index contributed by atoms with van der Waals surface area (Å²) >= 11 is 0. The van der Waals surface area contributed by atoms with Crippen molar-refractivity contribution in [3.63, 3.8) is 0 Å². The van der Waals surface area contributed by atoms with Gasteiger partial charge in [-0.1, -0.05) is 42.0 Å². The maximum Gasteiger partial charge on any atom is 0.338 e. The number of ether oxygens (including phenoxy) is 2. The van der Waals surface area contributed by atoms with E-state index in [1.807, 2.05) is 30.3 Å². The first-order valence-electron chi connectivity index (χ1n) is 9.42. The summed E-state index contributed by atoms with van der Waals surface area (Å²) in [5, 5.41) is 3.36. The van der Waals surface area contributed by atoms with Gasteiger partial charge in [-0.25, -0.2) is 4.79 Å². The third-order valence-corrected chi connectivity index (χ3v) is 4.32. The van der Waals surface area contributed by atoms with E-state index in [4.69, 9.17) is 9.47 Å². The summed E-state index contributed by atoms with van der Waals surface area (Å²) in [5.41, 5.74) is 5.01. The molecule has 3 aromatic carbocycles. The third-order valence-electron chi connectivity index (χ3n) is 4.32. The zero-order valence-corrected chi connectivity index (χ0v) is 16.3. The Bertz CT molecular complexity index is 902. The number of hydrogen-bond donors (Lipinski definition) is 1. The number of carbonyl (C=O) groups excluding carboxylic acids is 1. The molecule has 0 radical (unpaired) electrons. The van der Waals surface area contributed by atoms with Crippen molar-refractivity contribution in [1.82, 2.24) is 0 Å². The summed E-state index contributed by atoms with van der Waals surface area (Å²) in [6, 6.07) is 23.7. The van der Waals surface area contributed by atoms with Crippen LogP contribution in [0.25, 0.3) is 0 Å². The fourth-order valence-corrected chi connectivity index (χ4v) is 2.74. The van der Waals surface area contributed by atoms with Crippen LogP contribution in [-0.4, -0.2) is 12.6 Å². The lowest BCUT2D eigenvalue weighted by molar-refractivity contribution is 0.0526. The van der Waals surface area contributed by atoms with Gasteiger partial charge in [0.25, 0.3) is 0 Å². The van der Waals surface area contributed by atoms with E-state index in [0.29, 0.717) is 25.3 Å². The number of rotatable bonds is 8. The lowest BCUT2D eigenvalue weighted by Gasteiger charge is -2.10. The van der Waals surface area contributed by atoms with Gasteiger partial charge >= 0.3 is 5.97 Å². The Morgan fingerprint density at radius 3 is 2.39 bits per heavy atom. The number of benzene rings is 3. The fourth-order valence-electron chi connectivity index (χ4n) is 2.74. The Kier molecular flexibility index (Phi) is 6.68. The number of anilines is 1. The van der Waals surface area contributed by atoms with E-state index in [0.717, 1.165) is 22.6 Å². The van der Waals surface area contributed by atoms with E-state index in [2.05, 4.69) is 42.6 Å². The molecule has 0 bridgehead atoms. The van der Waals surface area contributed by atoms with Crippen molar-refractivity contribution >= 4 is 11.7 Å². The van der Waals surface area contributed by atoms with E-state index in [9.17, 15) is 4.79 Å². The molecule has 144 valence electrons. The second kappa shape index (κ2) is 9.60. The maximum absolute atomic E-state index is 11.7. The summed E-state index contributed by atoms with van der Waals surface area (Å²) in [7, 11) is 0. The van der Waals surface area contributed by atoms with Gasteiger partial charge in [0.1, 0.15) is 12.4 Å². The quantitative estimate of drug-likeness (QED) is 0.538. The Hall–Kier alpha value is -3.27. The molecule has 0 aliphatic heterocycles. The van der Waals surface area contributed by atoms with E-state index >= 15 is 0 Å². The first-order chi connectivity index (χ1) is 13.6. The molecular formula is C24H25NO3. The molecule has 3 aromatic rings. The molecule has 0 spiro atoms. The Morgan fingerprint density at radius 2 is 1.68 bits per heavy atom. The number of hydrogen-bond acceptors (Lipinski definition) is 4. The minimum absolute atomic E-state index is 0.299. The van der Waals surface area contributed by atoms with Crippen molar-refractivity contribution in [3.8, 4) is 5.75 Å². The van der Waals surface area contributed by atoms with Crippen molar-refractivity contribution in [2.45, 2.75) is 27.0 Å². The zero-order valence-electron chi connectivity index (χ0n) is 16.3. The highest BCUT2D eigenvalue weighted by Crippen LogP contribution is 2.17. The smallest absolute Gasteiger partial charge is 0.338 e. The minimum atomic E-state index is -0.299. The summed E-state index contributed by atoms with van der Waals surface area (Å²) in [6.45, 7) is 5.46. The second-order valence-corrected chi connectivity index (χ2v) is 6.57. The van der Waals surface area contributed by atoms with Gasteiger partial charge in [-0.3, -0.25) is 0 Å². The molecule has 0 heterocycles. The molecule has 4 nitrogen and oxygen atoms in total. The number of esters is 1. The molecule has 0 saturated heterocycles. The average Bonchev–Trinajstić information content (AvgIpc) is 2.73.